The lowest BCUT2D eigenvalue weighted by Crippen LogP contribution is -2.23. The smallest absolute Gasteiger partial charge is 0.0481 e. The minimum absolute atomic E-state index is 0.819. The number of aryl methyl sites for hydroxylation is 1. The van der Waals surface area contributed by atoms with Crippen molar-refractivity contribution in [2.24, 2.45) is 13.0 Å². The highest BCUT2D eigenvalue weighted by atomic mass is 14.9. The standard InChI is InChI=1S/C17H22N2/c1-19-13-15(16-9-5-6-10-17(16)19)12-18-11-14-7-3-2-4-8-14/h2-3,5-6,9-10,13-14,18H,4,7-8,11-12H2,1H3. The Hall–Kier alpha value is -1.54. The first-order chi connectivity index (χ1) is 9.34. The van der Waals surface area contributed by atoms with E-state index in [0.29, 0.717) is 0 Å². The van der Waals surface area contributed by atoms with Crippen molar-refractivity contribution in [2.45, 2.75) is 25.8 Å². The van der Waals surface area contributed by atoms with Crippen molar-refractivity contribution in [3.8, 4) is 0 Å². The van der Waals surface area contributed by atoms with Gasteiger partial charge in [0, 0.05) is 30.7 Å². The summed E-state index contributed by atoms with van der Waals surface area (Å²) in [5.41, 5.74) is 2.73. The summed E-state index contributed by atoms with van der Waals surface area (Å²) in [6.45, 7) is 2.11. The monoisotopic (exact) mass is 254 g/mol. The Balaban J connectivity index is 1.64. The molecule has 1 aromatic carbocycles. The second-order valence-electron chi connectivity index (χ2n) is 5.56. The molecule has 1 N–H and O–H groups in total. The molecule has 3 rings (SSSR count). The lowest BCUT2D eigenvalue weighted by Gasteiger charge is -2.17. The number of nitrogens with one attached hydrogen (secondary N) is 1. The summed E-state index contributed by atoms with van der Waals surface area (Å²) >= 11 is 0. The summed E-state index contributed by atoms with van der Waals surface area (Å²) in [4.78, 5) is 0. The molecular formula is C17H22N2. The van der Waals surface area contributed by atoms with Gasteiger partial charge < -0.3 is 9.88 Å². The summed E-state index contributed by atoms with van der Waals surface area (Å²) in [6.07, 6.45) is 10.7. The Kier molecular flexibility index (Phi) is 3.69. The molecule has 0 bridgehead atoms. The largest absolute Gasteiger partial charge is 0.350 e. The van der Waals surface area contributed by atoms with Crippen molar-refractivity contribution in [1.29, 1.82) is 0 Å². The molecule has 1 aromatic heterocycles. The number of allylic oxidation sites excluding steroid dienone is 2. The molecule has 19 heavy (non-hydrogen) atoms. The van der Waals surface area contributed by atoms with Crippen LogP contribution in [0.2, 0.25) is 0 Å². The van der Waals surface area contributed by atoms with Crippen LogP contribution in [0.25, 0.3) is 10.9 Å². The van der Waals surface area contributed by atoms with Crippen LogP contribution in [0, 0.1) is 5.92 Å². The highest BCUT2D eigenvalue weighted by Gasteiger charge is 2.10. The van der Waals surface area contributed by atoms with E-state index in [4.69, 9.17) is 0 Å². The molecule has 1 heterocycles. The van der Waals surface area contributed by atoms with Gasteiger partial charge in [-0.15, -0.1) is 0 Å². The molecule has 0 radical (unpaired) electrons. The molecule has 0 fully saturated rings. The van der Waals surface area contributed by atoms with Gasteiger partial charge in [-0.05, 0) is 43.4 Å². The van der Waals surface area contributed by atoms with E-state index in [1.165, 1.54) is 35.7 Å². The number of para-hydroxylation sites is 1. The highest BCUT2D eigenvalue weighted by Crippen LogP contribution is 2.21. The maximum Gasteiger partial charge on any atom is 0.0481 e. The third kappa shape index (κ3) is 2.74. The molecular weight excluding hydrogens is 232 g/mol. The number of hydrogen-bond acceptors (Lipinski definition) is 1. The number of rotatable bonds is 4. The molecule has 0 spiro atoms. The van der Waals surface area contributed by atoms with Gasteiger partial charge in [0.1, 0.15) is 0 Å². The van der Waals surface area contributed by atoms with Crippen LogP contribution in [0.5, 0.6) is 0 Å². The van der Waals surface area contributed by atoms with E-state index in [2.05, 4.69) is 59.5 Å². The second kappa shape index (κ2) is 5.62. The van der Waals surface area contributed by atoms with E-state index >= 15 is 0 Å². The topological polar surface area (TPSA) is 17.0 Å². The van der Waals surface area contributed by atoms with Crippen molar-refractivity contribution >= 4 is 10.9 Å². The Morgan fingerprint density at radius 2 is 2.16 bits per heavy atom. The minimum atomic E-state index is 0.819. The molecule has 100 valence electrons. The first kappa shape index (κ1) is 12.5. The quantitative estimate of drug-likeness (QED) is 0.825. The van der Waals surface area contributed by atoms with Crippen LogP contribution in [-0.4, -0.2) is 11.1 Å². The average Bonchev–Trinajstić information content (AvgIpc) is 2.78. The summed E-state index contributed by atoms with van der Waals surface area (Å²) in [7, 11) is 2.12. The van der Waals surface area contributed by atoms with Crippen LogP contribution in [0.4, 0.5) is 0 Å². The van der Waals surface area contributed by atoms with E-state index in [9.17, 15) is 0 Å². The van der Waals surface area contributed by atoms with Crippen molar-refractivity contribution in [3.63, 3.8) is 0 Å². The van der Waals surface area contributed by atoms with Gasteiger partial charge in [-0.2, -0.15) is 0 Å². The summed E-state index contributed by atoms with van der Waals surface area (Å²) in [6, 6.07) is 8.63. The van der Waals surface area contributed by atoms with E-state index < -0.39 is 0 Å². The molecule has 0 saturated heterocycles. The first-order valence-electron chi connectivity index (χ1n) is 7.23. The number of nitrogens with zero attached hydrogens (tertiary/aromatic N) is 1. The number of hydrogen-bond donors (Lipinski definition) is 1. The lowest BCUT2D eigenvalue weighted by molar-refractivity contribution is 0.441. The maximum atomic E-state index is 3.63. The SMILES string of the molecule is Cn1cc(CNCC2CC=CCC2)c2ccccc21. The van der Waals surface area contributed by atoms with Gasteiger partial charge >= 0.3 is 0 Å². The molecule has 2 heteroatoms. The fraction of sp³-hybridized carbons (Fsp3) is 0.412. The van der Waals surface area contributed by atoms with Gasteiger partial charge in [0.15, 0.2) is 0 Å². The fourth-order valence-electron chi connectivity index (χ4n) is 3.02. The van der Waals surface area contributed by atoms with E-state index in [1.54, 1.807) is 0 Å². The van der Waals surface area contributed by atoms with Crippen LogP contribution in [-0.2, 0) is 13.6 Å². The summed E-state index contributed by atoms with van der Waals surface area (Å²) in [5.74, 6) is 0.819. The van der Waals surface area contributed by atoms with Crippen LogP contribution in [0.1, 0.15) is 24.8 Å². The Bertz CT molecular complexity index is 580. The molecule has 0 amide bonds. The summed E-state index contributed by atoms with van der Waals surface area (Å²) in [5, 5.41) is 5.01. The van der Waals surface area contributed by atoms with Crippen LogP contribution in [0.3, 0.4) is 0 Å². The van der Waals surface area contributed by atoms with E-state index in [0.717, 1.165) is 19.0 Å². The van der Waals surface area contributed by atoms with Gasteiger partial charge in [-0.3, -0.25) is 0 Å². The predicted octanol–water partition coefficient (Wildman–Crippen LogP) is 3.62. The Labute approximate surface area is 115 Å². The van der Waals surface area contributed by atoms with Crippen LogP contribution < -0.4 is 5.32 Å². The zero-order valence-electron chi connectivity index (χ0n) is 11.6. The molecule has 1 unspecified atom stereocenters. The van der Waals surface area contributed by atoms with Crippen LogP contribution >= 0.6 is 0 Å². The molecule has 0 aliphatic heterocycles. The van der Waals surface area contributed by atoms with E-state index in [1.807, 2.05) is 0 Å². The van der Waals surface area contributed by atoms with Crippen LogP contribution in [0.15, 0.2) is 42.6 Å². The maximum absolute atomic E-state index is 3.63. The lowest BCUT2D eigenvalue weighted by atomic mass is 9.94. The van der Waals surface area contributed by atoms with Crippen molar-refractivity contribution < 1.29 is 0 Å². The predicted molar refractivity (Wildman–Crippen MR) is 81.1 cm³/mol. The molecule has 2 aromatic rings. The Morgan fingerprint density at radius 1 is 1.26 bits per heavy atom. The zero-order valence-corrected chi connectivity index (χ0v) is 11.6. The molecule has 0 saturated carbocycles. The van der Waals surface area contributed by atoms with Crippen molar-refractivity contribution in [2.75, 3.05) is 6.54 Å². The van der Waals surface area contributed by atoms with Gasteiger partial charge in [0.05, 0.1) is 0 Å². The number of benzene rings is 1. The molecule has 1 aliphatic carbocycles. The highest BCUT2D eigenvalue weighted by molar-refractivity contribution is 5.83. The normalized spacial score (nSPS) is 19.1. The zero-order chi connectivity index (χ0) is 13.1. The van der Waals surface area contributed by atoms with E-state index in [-0.39, 0.29) is 0 Å². The van der Waals surface area contributed by atoms with Gasteiger partial charge in [0.25, 0.3) is 0 Å². The number of aromatic nitrogens is 1. The van der Waals surface area contributed by atoms with Gasteiger partial charge in [0.2, 0.25) is 0 Å². The average molecular weight is 254 g/mol. The second-order valence-corrected chi connectivity index (χ2v) is 5.56. The van der Waals surface area contributed by atoms with Gasteiger partial charge in [-0.1, -0.05) is 30.4 Å². The Morgan fingerprint density at radius 3 is 3.00 bits per heavy atom. The molecule has 1 aliphatic rings. The third-order valence-electron chi connectivity index (χ3n) is 4.11. The van der Waals surface area contributed by atoms with Crippen molar-refractivity contribution in [1.82, 2.24) is 9.88 Å². The molecule has 1 atom stereocenters. The first-order valence-corrected chi connectivity index (χ1v) is 7.23. The van der Waals surface area contributed by atoms with Gasteiger partial charge in [-0.25, -0.2) is 0 Å². The number of fused-ring (bicyclic) bond motifs is 1. The third-order valence-corrected chi connectivity index (χ3v) is 4.11. The minimum Gasteiger partial charge on any atom is -0.350 e. The molecule has 2 nitrogen and oxygen atoms in total. The van der Waals surface area contributed by atoms with Crippen molar-refractivity contribution in [3.05, 3.63) is 48.2 Å². The summed E-state index contributed by atoms with van der Waals surface area (Å²) < 4.78 is 2.22. The fourth-order valence-corrected chi connectivity index (χ4v) is 3.02.